The molecule has 0 spiro atoms. The van der Waals surface area contributed by atoms with E-state index in [9.17, 15) is 10.1 Å². The van der Waals surface area contributed by atoms with Gasteiger partial charge in [0.25, 0.3) is 0 Å². The largest absolute Gasteiger partial charge is 0.354 e. The van der Waals surface area contributed by atoms with Crippen LogP contribution in [0.4, 0.5) is 11.5 Å². The molecule has 0 saturated carbocycles. The van der Waals surface area contributed by atoms with Crippen molar-refractivity contribution < 1.29 is 4.92 Å². The summed E-state index contributed by atoms with van der Waals surface area (Å²) in [6.07, 6.45) is 1.33. The van der Waals surface area contributed by atoms with E-state index in [2.05, 4.69) is 18.9 Å². The van der Waals surface area contributed by atoms with Gasteiger partial charge in [0.15, 0.2) is 0 Å². The molecule has 1 aromatic heterocycles. The maximum atomic E-state index is 11.3. The topological polar surface area (TPSA) is 90.2 Å². The second-order valence-corrected chi connectivity index (χ2v) is 5.47. The summed E-state index contributed by atoms with van der Waals surface area (Å²) in [6.45, 7) is 6.69. The lowest BCUT2D eigenvalue weighted by Crippen LogP contribution is -2.32. The van der Waals surface area contributed by atoms with Gasteiger partial charge >= 0.3 is 5.69 Å². The van der Waals surface area contributed by atoms with Crippen LogP contribution in [-0.4, -0.2) is 34.3 Å². The molecule has 0 amide bonds. The maximum absolute atomic E-state index is 11.3. The highest BCUT2D eigenvalue weighted by Gasteiger charge is 2.28. The van der Waals surface area contributed by atoms with Crippen LogP contribution in [-0.2, 0) is 13.5 Å². The van der Waals surface area contributed by atoms with Crippen LogP contribution < -0.4 is 10.6 Å². The summed E-state index contributed by atoms with van der Waals surface area (Å²) in [5, 5.41) is 15.5. The van der Waals surface area contributed by atoms with Crippen molar-refractivity contribution in [2.24, 2.45) is 18.7 Å². The van der Waals surface area contributed by atoms with Crippen LogP contribution in [0.15, 0.2) is 0 Å². The standard InChI is InChI=1S/C13H25N5O2/c1-6-11-12(18(19)20)13(17(5)15-11)16(4)8-7-10(14)9(2)3/h9-10H,6-8,14H2,1-5H3. The Balaban J connectivity index is 2.95. The van der Waals surface area contributed by atoms with E-state index in [-0.39, 0.29) is 16.7 Å². The summed E-state index contributed by atoms with van der Waals surface area (Å²) in [4.78, 5) is 12.8. The third-order valence-electron chi connectivity index (χ3n) is 3.60. The Bertz CT molecular complexity index is 470. The molecular formula is C13H25N5O2. The molecule has 1 rings (SSSR count). The molecule has 7 nitrogen and oxygen atoms in total. The maximum Gasteiger partial charge on any atom is 0.334 e. The Hall–Kier alpha value is -1.63. The van der Waals surface area contributed by atoms with Crippen molar-refractivity contribution in [3.8, 4) is 0 Å². The summed E-state index contributed by atoms with van der Waals surface area (Å²) in [7, 11) is 3.58. The Morgan fingerprint density at radius 1 is 1.50 bits per heavy atom. The van der Waals surface area contributed by atoms with Gasteiger partial charge in [-0.05, 0) is 18.8 Å². The van der Waals surface area contributed by atoms with Crippen LogP contribution in [0.25, 0.3) is 0 Å². The molecule has 0 aromatic carbocycles. The van der Waals surface area contributed by atoms with Crippen molar-refractivity contribution >= 4 is 11.5 Å². The second kappa shape index (κ2) is 6.69. The van der Waals surface area contributed by atoms with Crippen LogP contribution in [0.3, 0.4) is 0 Å². The number of nitrogens with zero attached hydrogens (tertiary/aromatic N) is 4. The number of hydrogen-bond acceptors (Lipinski definition) is 5. The van der Waals surface area contributed by atoms with Crippen molar-refractivity contribution in [3.05, 3.63) is 15.8 Å². The highest BCUT2D eigenvalue weighted by Crippen LogP contribution is 2.31. The van der Waals surface area contributed by atoms with Crippen molar-refractivity contribution in [3.63, 3.8) is 0 Å². The van der Waals surface area contributed by atoms with Gasteiger partial charge < -0.3 is 10.6 Å². The highest BCUT2D eigenvalue weighted by molar-refractivity contribution is 5.61. The van der Waals surface area contributed by atoms with Crippen LogP contribution in [0.2, 0.25) is 0 Å². The van der Waals surface area contributed by atoms with Crippen LogP contribution >= 0.6 is 0 Å². The summed E-state index contributed by atoms with van der Waals surface area (Å²) < 4.78 is 1.58. The third kappa shape index (κ3) is 3.47. The predicted molar refractivity (Wildman–Crippen MR) is 79.9 cm³/mol. The zero-order valence-electron chi connectivity index (χ0n) is 13.0. The number of nitro groups is 1. The van der Waals surface area contributed by atoms with E-state index in [0.29, 0.717) is 30.4 Å². The van der Waals surface area contributed by atoms with Crippen LogP contribution in [0.5, 0.6) is 0 Å². The Morgan fingerprint density at radius 2 is 2.10 bits per heavy atom. The molecule has 1 heterocycles. The molecule has 20 heavy (non-hydrogen) atoms. The van der Waals surface area contributed by atoms with E-state index >= 15 is 0 Å². The van der Waals surface area contributed by atoms with Gasteiger partial charge in [-0.1, -0.05) is 20.8 Å². The third-order valence-corrected chi connectivity index (χ3v) is 3.60. The number of aromatic nitrogens is 2. The number of anilines is 1. The fourth-order valence-electron chi connectivity index (χ4n) is 2.19. The van der Waals surface area contributed by atoms with E-state index < -0.39 is 0 Å². The minimum absolute atomic E-state index is 0.0929. The minimum Gasteiger partial charge on any atom is -0.354 e. The zero-order chi connectivity index (χ0) is 15.4. The fraction of sp³-hybridized carbons (Fsp3) is 0.769. The first kappa shape index (κ1) is 16.4. The Morgan fingerprint density at radius 3 is 2.55 bits per heavy atom. The lowest BCUT2D eigenvalue weighted by Gasteiger charge is -2.22. The lowest BCUT2D eigenvalue weighted by atomic mass is 10.0. The molecule has 1 atom stereocenters. The van der Waals surface area contributed by atoms with Crippen molar-refractivity contribution in [1.82, 2.24) is 9.78 Å². The monoisotopic (exact) mass is 283 g/mol. The molecule has 0 radical (unpaired) electrons. The Kier molecular flexibility index (Phi) is 5.50. The highest BCUT2D eigenvalue weighted by atomic mass is 16.6. The van der Waals surface area contributed by atoms with Crippen LogP contribution in [0, 0.1) is 16.0 Å². The van der Waals surface area contributed by atoms with E-state index in [4.69, 9.17) is 5.73 Å². The van der Waals surface area contributed by atoms with Gasteiger partial charge in [-0.2, -0.15) is 5.10 Å². The first-order valence-electron chi connectivity index (χ1n) is 6.96. The average Bonchev–Trinajstić information content (AvgIpc) is 2.72. The number of rotatable bonds is 7. The Labute approximate surface area is 119 Å². The number of hydrogen-bond donors (Lipinski definition) is 1. The first-order valence-corrected chi connectivity index (χ1v) is 6.96. The molecule has 0 aliphatic rings. The van der Waals surface area contributed by atoms with Gasteiger partial charge in [-0.15, -0.1) is 0 Å². The van der Waals surface area contributed by atoms with Crippen molar-refractivity contribution in [2.45, 2.75) is 39.7 Å². The first-order chi connectivity index (χ1) is 9.29. The minimum atomic E-state index is -0.347. The normalized spacial score (nSPS) is 12.8. The molecule has 0 aliphatic heterocycles. The van der Waals surface area contributed by atoms with Crippen molar-refractivity contribution in [1.29, 1.82) is 0 Å². The molecule has 0 bridgehead atoms. The molecule has 0 saturated heterocycles. The molecule has 0 fully saturated rings. The lowest BCUT2D eigenvalue weighted by molar-refractivity contribution is -0.384. The predicted octanol–water partition coefficient (Wildman–Crippen LogP) is 1.70. The molecule has 0 aliphatic carbocycles. The summed E-state index contributed by atoms with van der Waals surface area (Å²) >= 11 is 0. The van der Waals surface area contributed by atoms with Gasteiger partial charge in [0.05, 0.1) is 4.92 Å². The van der Waals surface area contributed by atoms with Gasteiger partial charge in [-0.25, -0.2) is 4.68 Å². The smallest absolute Gasteiger partial charge is 0.334 e. The zero-order valence-corrected chi connectivity index (χ0v) is 13.0. The molecular weight excluding hydrogens is 258 g/mol. The molecule has 1 aromatic rings. The second-order valence-electron chi connectivity index (χ2n) is 5.47. The quantitative estimate of drug-likeness (QED) is 0.607. The van der Waals surface area contributed by atoms with Gasteiger partial charge in [0.1, 0.15) is 5.69 Å². The average molecular weight is 283 g/mol. The van der Waals surface area contributed by atoms with E-state index in [0.717, 1.165) is 6.42 Å². The fourth-order valence-corrected chi connectivity index (χ4v) is 2.19. The molecule has 1 unspecified atom stereocenters. The van der Waals surface area contributed by atoms with Gasteiger partial charge in [-0.3, -0.25) is 10.1 Å². The van der Waals surface area contributed by atoms with E-state index in [1.54, 1.807) is 11.7 Å². The SMILES string of the molecule is CCc1nn(C)c(N(C)CCC(N)C(C)C)c1[N+](=O)[O-]. The molecule has 2 N–H and O–H groups in total. The van der Waals surface area contributed by atoms with Gasteiger partial charge in [0, 0.05) is 26.7 Å². The number of nitrogens with two attached hydrogens (primary N) is 1. The number of aryl methyl sites for hydroxylation is 2. The van der Waals surface area contributed by atoms with Crippen LogP contribution in [0.1, 0.15) is 32.9 Å². The summed E-state index contributed by atoms with van der Waals surface area (Å²) in [5.74, 6) is 0.943. The molecule has 7 heteroatoms. The molecule has 114 valence electrons. The summed E-state index contributed by atoms with van der Waals surface area (Å²) in [5.41, 5.74) is 6.66. The summed E-state index contributed by atoms with van der Waals surface area (Å²) in [6, 6.07) is 0.0929. The van der Waals surface area contributed by atoms with E-state index in [1.807, 2.05) is 18.9 Å². The van der Waals surface area contributed by atoms with Crippen molar-refractivity contribution in [2.75, 3.05) is 18.5 Å². The van der Waals surface area contributed by atoms with E-state index in [1.165, 1.54) is 0 Å². The van der Waals surface area contributed by atoms with Gasteiger partial charge in [0.2, 0.25) is 5.82 Å².